The smallest absolute Gasteiger partial charge is 0.218 e. The van der Waals surface area contributed by atoms with Crippen molar-refractivity contribution in [3.8, 4) is 17.0 Å². The molecule has 2 rings (SSSR count). The third-order valence-corrected chi connectivity index (χ3v) is 2.19. The van der Waals surface area contributed by atoms with Gasteiger partial charge in [-0.3, -0.25) is 0 Å². The van der Waals surface area contributed by atoms with E-state index in [1.165, 1.54) is 0 Å². The van der Waals surface area contributed by atoms with Gasteiger partial charge in [-0.25, -0.2) is 4.98 Å². The number of aromatic hydroxyl groups is 1. The molecule has 0 saturated carbocycles. The van der Waals surface area contributed by atoms with Crippen molar-refractivity contribution in [1.29, 1.82) is 0 Å². The van der Waals surface area contributed by atoms with Crippen LogP contribution >= 0.6 is 11.6 Å². The molecule has 0 aliphatic rings. The molecule has 2 aromatic rings. The van der Waals surface area contributed by atoms with Crippen molar-refractivity contribution < 1.29 is 5.11 Å². The molecule has 0 radical (unpaired) electrons. The second-order valence-corrected chi connectivity index (χ2v) is 3.32. The number of benzene rings is 1. The number of rotatable bonds is 1. The van der Waals surface area contributed by atoms with Crippen LogP contribution in [0.5, 0.6) is 5.88 Å². The van der Waals surface area contributed by atoms with E-state index < -0.39 is 0 Å². The Hall–Kier alpha value is -1.54. The van der Waals surface area contributed by atoms with Crippen LogP contribution in [0.25, 0.3) is 11.1 Å². The van der Waals surface area contributed by atoms with E-state index in [0.717, 1.165) is 5.56 Å². The van der Waals surface area contributed by atoms with E-state index in [1.54, 1.807) is 24.4 Å². The Morgan fingerprint density at radius 1 is 1.07 bits per heavy atom. The van der Waals surface area contributed by atoms with E-state index in [2.05, 4.69) is 4.98 Å². The van der Waals surface area contributed by atoms with Gasteiger partial charge in [-0.05, 0) is 29.8 Å². The first-order chi connectivity index (χ1) is 6.77. The molecule has 0 aliphatic heterocycles. The fraction of sp³-hybridized carbons (Fsp3) is 0. The molecule has 0 spiro atoms. The summed E-state index contributed by atoms with van der Waals surface area (Å²) in [6, 6.07) is 10.8. The Morgan fingerprint density at radius 2 is 1.79 bits per heavy atom. The van der Waals surface area contributed by atoms with E-state index >= 15 is 0 Å². The molecule has 1 heterocycles. The van der Waals surface area contributed by atoms with Crippen LogP contribution in [0.3, 0.4) is 0 Å². The summed E-state index contributed by atoms with van der Waals surface area (Å²) < 4.78 is 0. The van der Waals surface area contributed by atoms with E-state index in [-0.39, 0.29) is 5.88 Å². The van der Waals surface area contributed by atoms with Crippen molar-refractivity contribution in [2.75, 3.05) is 0 Å². The number of hydrogen-bond donors (Lipinski definition) is 1. The summed E-state index contributed by atoms with van der Waals surface area (Å²) in [6.07, 6.45) is 1.55. The van der Waals surface area contributed by atoms with Crippen molar-refractivity contribution in [2.24, 2.45) is 0 Å². The maximum absolute atomic E-state index is 9.49. The summed E-state index contributed by atoms with van der Waals surface area (Å²) in [6.45, 7) is 0. The van der Waals surface area contributed by atoms with Crippen LogP contribution in [-0.2, 0) is 0 Å². The fourth-order valence-corrected chi connectivity index (χ4v) is 1.38. The summed E-state index contributed by atoms with van der Waals surface area (Å²) in [4.78, 5) is 3.80. The minimum absolute atomic E-state index is 0.0369. The third-order valence-electron chi connectivity index (χ3n) is 1.94. The van der Waals surface area contributed by atoms with E-state index in [0.29, 0.717) is 10.6 Å². The normalized spacial score (nSPS) is 10.1. The molecule has 14 heavy (non-hydrogen) atoms. The zero-order valence-corrected chi connectivity index (χ0v) is 8.07. The standard InChI is InChI=1S/C11H8ClNO/c12-9-5-3-8(4-6-9)10-2-1-7-13-11(10)14/h1-7H,(H,13,14). The van der Waals surface area contributed by atoms with E-state index in [4.69, 9.17) is 11.6 Å². The number of pyridine rings is 1. The SMILES string of the molecule is Oc1ncccc1-c1ccc(Cl)cc1. The molecule has 70 valence electrons. The van der Waals surface area contributed by atoms with Gasteiger partial charge in [0.1, 0.15) is 0 Å². The molecule has 0 bridgehead atoms. The van der Waals surface area contributed by atoms with Gasteiger partial charge in [-0.2, -0.15) is 0 Å². The lowest BCUT2D eigenvalue weighted by Gasteiger charge is -2.02. The highest BCUT2D eigenvalue weighted by Gasteiger charge is 2.03. The maximum atomic E-state index is 9.49. The average molecular weight is 206 g/mol. The molecule has 1 aromatic carbocycles. The zero-order chi connectivity index (χ0) is 9.97. The zero-order valence-electron chi connectivity index (χ0n) is 7.31. The molecule has 1 N–H and O–H groups in total. The Kier molecular flexibility index (Phi) is 2.37. The van der Waals surface area contributed by atoms with Gasteiger partial charge >= 0.3 is 0 Å². The van der Waals surface area contributed by atoms with Gasteiger partial charge in [0, 0.05) is 16.8 Å². The van der Waals surface area contributed by atoms with Gasteiger partial charge < -0.3 is 5.11 Å². The molecular formula is C11H8ClNO. The van der Waals surface area contributed by atoms with Crippen molar-refractivity contribution >= 4 is 11.6 Å². The lowest BCUT2D eigenvalue weighted by atomic mass is 10.1. The molecule has 0 aliphatic carbocycles. The largest absolute Gasteiger partial charge is 0.493 e. The molecule has 0 fully saturated rings. The first kappa shape index (κ1) is 9.03. The van der Waals surface area contributed by atoms with Crippen LogP contribution in [0.1, 0.15) is 0 Å². The summed E-state index contributed by atoms with van der Waals surface area (Å²) in [7, 11) is 0. The quantitative estimate of drug-likeness (QED) is 0.776. The highest BCUT2D eigenvalue weighted by molar-refractivity contribution is 6.30. The number of nitrogens with zero attached hydrogens (tertiary/aromatic N) is 1. The molecule has 0 saturated heterocycles. The topological polar surface area (TPSA) is 33.1 Å². The molecule has 0 amide bonds. The molecular weight excluding hydrogens is 198 g/mol. The molecule has 2 nitrogen and oxygen atoms in total. The van der Waals surface area contributed by atoms with Gasteiger partial charge in [0.2, 0.25) is 5.88 Å². The van der Waals surface area contributed by atoms with Crippen LogP contribution < -0.4 is 0 Å². The van der Waals surface area contributed by atoms with Crippen molar-refractivity contribution in [2.45, 2.75) is 0 Å². The summed E-state index contributed by atoms with van der Waals surface area (Å²) in [5.74, 6) is 0.0369. The monoisotopic (exact) mass is 205 g/mol. The number of halogens is 1. The number of aromatic nitrogens is 1. The Bertz CT molecular complexity index is 439. The van der Waals surface area contributed by atoms with Crippen LogP contribution in [-0.4, -0.2) is 10.1 Å². The molecule has 1 aromatic heterocycles. The van der Waals surface area contributed by atoms with Gasteiger partial charge in [0.25, 0.3) is 0 Å². The fourth-order valence-electron chi connectivity index (χ4n) is 1.25. The molecule has 3 heteroatoms. The lowest BCUT2D eigenvalue weighted by molar-refractivity contribution is 0.455. The minimum Gasteiger partial charge on any atom is -0.493 e. The Morgan fingerprint density at radius 3 is 2.43 bits per heavy atom. The van der Waals surface area contributed by atoms with Gasteiger partial charge in [0.05, 0.1) is 0 Å². The molecule has 0 unspecified atom stereocenters. The van der Waals surface area contributed by atoms with Crippen LogP contribution in [0.4, 0.5) is 0 Å². The van der Waals surface area contributed by atoms with E-state index in [9.17, 15) is 5.11 Å². The number of hydrogen-bond acceptors (Lipinski definition) is 2. The second kappa shape index (κ2) is 3.68. The highest BCUT2D eigenvalue weighted by atomic mass is 35.5. The van der Waals surface area contributed by atoms with Gasteiger partial charge in [-0.15, -0.1) is 0 Å². The summed E-state index contributed by atoms with van der Waals surface area (Å²) >= 11 is 5.76. The van der Waals surface area contributed by atoms with Crippen LogP contribution in [0.15, 0.2) is 42.6 Å². The van der Waals surface area contributed by atoms with Crippen molar-refractivity contribution in [3.05, 3.63) is 47.6 Å². The molecule has 0 atom stereocenters. The second-order valence-electron chi connectivity index (χ2n) is 2.88. The lowest BCUT2D eigenvalue weighted by Crippen LogP contribution is -1.80. The Labute approximate surface area is 86.8 Å². The van der Waals surface area contributed by atoms with Gasteiger partial charge in [-0.1, -0.05) is 23.7 Å². The first-order valence-electron chi connectivity index (χ1n) is 4.17. The predicted molar refractivity (Wildman–Crippen MR) is 56.3 cm³/mol. The highest BCUT2D eigenvalue weighted by Crippen LogP contribution is 2.27. The first-order valence-corrected chi connectivity index (χ1v) is 4.55. The average Bonchev–Trinajstić information content (AvgIpc) is 2.20. The van der Waals surface area contributed by atoms with Crippen LogP contribution in [0, 0.1) is 0 Å². The Balaban J connectivity index is 2.50. The minimum atomic E-state index is 0.0369. The van der Waals surface area contributed by atoms with E-state index in [1.807, 2.05) is 18.2 Å². The maximum Gasteiger partial charge on any atom is 0.218 e. The summed E-state index contributed by atoms with van der Waals surface area (Å²) in [5.41, 5.74) is 1.61. The van der Waals surface area contributed by atoms with Crippen LogP contribution in [0.2, 0.25) is 5.02 Å². The predicted octanol–water partition coefficient (Wildman–Crippen LogP) is 3.11. The van der Waals surface area contributed by atoms with Crippen molar-refractivity contribution in [3.63, 3.8) is 0 Å². The third kappa shape index (κ3) is 1.70. The van der Waals surface area contributed by atoms with Crippen molar-refractivity contribution in [1.82, 2.24) is 4.98 Å². The summed E-state index contributed by atoms with van der Waals surface area (Å²) in [5, 5.41) is 10.2. The van der Waals surface area contributed by atoms with Gasteiger partial charge in [0.15, 0.2) is 0 Å².